The van der Waals surface area contributed by atoms with Gasteiger partial charge in [-0.1, -0.05) is 6.92 Å². The number of ether oxygens (including phenoxy) is 1. The Hall–Kier alpha value is -1.40. The summed E-state index contributed by atoms with van der Waals surface area (Å²) in [7, 11) is 0. The number of halogens is 1. The van der Waals surface area contributed by atoms with Gasteiger partial charge in [-0.15, -0.1) is 24.0 Å². The van der Waals surface area contributed by atoms with Crippen molar-refractivity contribution in [3.8, 4) is 0 Å². The van der Waals surface area contributed by atoms with Crippen LogP contribution >= 0.6 is 35.5 Å². The summed E-state index contributed by atoms with van der Waals surface area (Å²) in [6, 6.07) is 3.95. The van der Waals surface area contributed by atoms with E-state index in [-0.39, 0.29) is 30.1 Å². The zero-order valence-corrected chi connectivity index (χ0v) is 21.3. The summed E-state index contributed by atoms with van der Waals surface area (Å²) in [5.41, 5.74) is 0. The molecular formula is C21H33IN6O2S. The maximum atomic E-state index is 5.88. The van der Waals surface area contributed by atoms with Crippen LogP contribution in [-0.2, 0) is 17.6 Å². The molecule has 31 heavy (non-hydrogen) atoms. The predicted molar refractivity (Wildman–Crippen MR) is 135 cm³/mol. The van der Waals surface area contributed by atoms with Crippen molar-refractivity contribution in [2.75, 3.05) is 50.8 Å². The lowest BCUT2D eigenvalue weighted by molar-refractivity contribution is 0.0223. The van der Waals surface area contributed by atoms with Crippen LogP contribution in [-0.4, -0.2) is 72.2 Å². The first kappa shape index (κ1) is 24.2. The van der Waals surface area contributed by atoms with Crippen molar-refractivity contribution in [3.05, 3.63) is 30.0 Å². The first-order valence-corrected chi connectivity index (χ1v) is 11.8. The van der Waals surface area contributed by atoms with Gasteiger partial charge < -0.3 is 24.3 Å². The molecule has 2 aliphatic heterocycles. The highest BCUT2D eigenvalue weighted by Gasteiger charge is 2.23. The van der Waals surface area contributed by atoms with Gasteiger partial charge in [0, 0.05) is 63.7 Å². The van der Waals surface area contributed by atoms with Crippen LogP contribution in [0.5, 0.6) is 0 Å². The fourth-order valence-corrected chi connectivity index (χ4v) is 4.59. The lowest BCUT2D eigenvalue weighted by Gasteiger charge is -2.36. The molecule has 1 N–H and O–H groups in total. The Morgan fingerprint density at radius 3 is 2.84 bits per heavy atom. The molecule has 0 saturated carbocycles. The molecule has 10 heteroatoms. The first-order chi connectivity index (χ1) is 14.8. The smallest absolute Gasteiger partial charge is 0.205 e. The monoisotopic (exact) mass is 560 g/mol. The van der Waals surface area contributed by atoms with Crippen molar-refractivity contribution in [3.63, 3.8) is 0 Å². The number of aryl methyl sites for hydroxylation is 1. The topological polar surface area (TPSA) is 79.0 Å². The van der Waals surface area contributed by atoms with Crippen molar-refractivity contribution in [1.82, 2.24) is 19.6 Å². The minimum absolute atomic E-state index is 0. The highest BCUT2D eigenvalue weighted by atomic mass is 127. The lowest BCUT2D eigenvalue weighted by atomic mass is 10.1. The average Bonchev–Trinajstić information content (AvgIpc) is 3.49. The van der Waals surface area contributed by atoms with E-state index in [1.165, 1.54) is 24.4 Å². The molecule has 1 unspecified atom stereocenters. The van der Waals surface area contributed by atoms with Gasteiger partial charge in [-0.3, -0.25) is 4.99 Å². The third-order valence-corrected chi connectivity index (χ3v) is 6.39. The van der Waals surface area contributed by atoms with E-state index in [0.29, 0.717) is 0 Å². The van der Waals surface area contributed by atoms with Crippen LogP contribution in [0.15, 0.2) is 27.8 Å². The number of anilines is 1. The van der Waals surface area contributed by atoms with E-state index in [1.54, 1.807) is 6.26 Å². The molecule has 1 atom stereocenters. The molecule has 2 saturated heterocycles. The summed E-state index contributed by atoms with van der Waals surface area (Å²) in [5, 5.41) is 4.59. The second-order valence-corrected chi connectivity index (χ2v) is 8.46. The molecule has 0 radical (unpaired) electrons. The average molecular weight is 561 g/mol. The van der Waals surface area contributed by atoms with Gasteiger partial charge in [0.25, 0.3) is 0 Å². The summed E-state index contributed by atoms with van der Waals surface area (Å²) >= 11 is 1.51. The fraction of sp³-hybridized carbons (Fsp3) is 0.667. The number of hydrogen-bond donors (Lipinski definition) is 1. The first-order valence-electron chi connectivity index (χ1n) is 11.1. The molecule has 2 aliphatic rings. The SMILES string of the molecule is CCc1nsc(N2CCN(C(=NCC3CCCCO3)NCCc3ccco3)CC2)n1.I. The van der Waals surface area contributed by atoms with Crippen molar-refractivity contribution >= 4 is 46.6 Å². The Labute approximate surface area is 205 Å². The summed E-state index contributed by atoms with van der Waals surface area (Å²) < 4.78 is 15.8. The number of nitrogens with one attached hydrogen (secondary N) is 1. The quantitative estimate of drug-likeness (QED) is 0.317. The fourth-order valence-electron chi connectivity index (χ4n) is 3.79. The van der Waals surface area contributed by atoms with Crippen LogP contribution < -0.4 is 10.2 Å². The number of rotatable bonds is 7. The normalized spacial score (nSPS) is 19.9. The number of aromatic nitrogens is 2. The highest BCUT2D eigenvalue weighted by Crippen LogP contribution is 2.19. The highest BCUT2D eigenvalue weighted by molar-refractivity contribution is 14.0. The molecule has 2 aromatic rings. The predicted octanol–water partition coefficient (Wildman–Crippen LogP) is 3.19. The second-order valence-electron chi connectivity index (χ2n) is 7.73. The largest absolute Gasteiger partial charge is 0.469 e. The molecule has 0 aromatic carbocycles. The molecule has 0 amide bonds. The third-order valence-electron chi connectivity index (χ3n) is 5.58. The van der Waals surface area contributed by atoms with Gasteiger partial charge in [0.05, 0.1) is 18.9 Å². The number of hydrogen-bond acceptors (Lipinski definition) is 7. The molecule has 0 bridgehead atoms. The minimum atomic E-state index is 0. The summed E-state index contributed by atoms with van der Waals surface area (Å²) in [6.45, 7) is 8.17. The zero-order valence-electron chi connectivity index (χ0n) is 18.2. The standard InChI is InChI=1S/C21H32N6O2S.HI/c1-2-19-24-21(30-25-19)27-12-10-26(11-13-27)20(22-9-8-17-7-5-15-28-17)23-16-18-6-3-4-14-29-18;/h5,7,15,18H,2-4,6,8-14,16H2,1H3,(H,22,23);1H. The summed E-state index contributed by atoms with van der Waals surface area (Å²) in [4.78, 5) is 14.3. The molecule has 8 nitrogen and oxygen atoms in total. The maximum Gasteiger partial charge on any atom is 0.205 e. The van der Waals surface area contributed by atoms with Gasteiger partial charge in [-0.05, 0) is 31.4 Å². The molecule has 2 aromatic heterocycles. The Bertz CT molecular complexity index is 786. The van der Waals surface area contributed by atoms with Crippen molar-refractivity contribution in [2.45, 2.75) is 45.1 Å². The van der Waals surface area contributed by atoms with Crippen LogP contribution in [0.3, 0.4) is 0 Å². The van der Waals surface area contributed by atoms with E-state index in [0.717, 1.165) is 87.8 Å². The van der Waals surface area contributed by atoms with E-state index in [4.69, 9.17) is 14.1 Å². The van der Waals surface area contributed by atoms with Crippen LogP contribution in [0.4, 0.5) is 5.13 Å². The maximum absolute atomic E-state index is 5.88. The Morgan fingerprint density at radius 2 is 2.16 bits per heavy atom. The molecule has 0 aliphatic carbocycles. The molecule has 172 valence electrons. The molecule has 4 heterocycles. The van der Waals surface area contributed by atoms with Gasteiger partial charge in [0.15, 0.2) is 5.96 Å². The van der Waals surface area contributed by atoms with Gasteiger partial charge in [0.1, 0.15) is 11.6 Å². The van der Waals surface area contributed by atoms with E-state index >= 15 is 0 Å². The van der Waals surface area contributed by atoms with Crippen LogP contribution in [0, 0.1) is 0 Å². The Balaban J connectivity index is 0.00000272. The molecule has 2 fully saturated rings. The minimum Gasteiger partial charge on any atom is -0.469 e. The van der Waals surface area contributed by atoms with Gasteiger partial charge in [0.2, 0.25) is 5.13 Å². The Kier molecular flexibility index (Phi) is 9.85. The van der Waals surface area contributed by atoms with Crippen molar-refractivity contribution in [1.29, 1.82) is 0 Å². The van der Waals surface area contributed by atoms with Crippen LogP contribution in [0.1, 0.15) is 37.8 Å². The molecule has 0 spiro atoms. The van der Waals surface area contributed by atoms with Gasteiger partial charge in [-0.25, -0.2) is 4.98 Å². The zero-order chi connectivity index (χ0) is 20.6. The van der Waals surface area contributed by atoms with Gasteiger partial charge in [-0.2, -0.15) is 4.37 Å². The second kappa shape index (κ2) is 12.6. The van der Waals surface area contributed by atoms with Crippen molar-refractivity contribution in [2.24, 2.45) is 4.99 Å². The van der Waals surface area contributed by atoms with E-state index in [2.05, 4.69) is 31.4 Å². The third kappa shape index (κ3) is 7.04. The van der Waals surface area contributed by atoms with E-state index < -0.39 is 0 Å². The number of piperazine rings is 1. The number of guanidine groups is 1. The van der Waals surface area contributed by atoms with Gasteiger partial charge >= 0.3 is 0 Å². The number of furan rings is 1. The summed E-state index contributed by atoms with van der Waals surface area (Å²) in [5.74, 6) is 2.90. The van der Waals surface area contributed by atoms with Crippen molar-refractivity contribution < 1.29 is 9.15 Å². The van der Waals surface area contributed by atoms with E-state index in [9.17, 15) is 0 Å². The van der Waals surface area contributed by atoms with E-state index in [1.807, 2.05) is 12.1 Å². The molecular weight excluding hydrogens is 527 g/mol. The number of aliphatic imine (C=N–C) groups is 1. The van der Waals surface area contributed by atoms with Crippen LogP contribution in [0.25, 0.3) is 0 Å². The number of nitrogens with zero attached hydrogens (tertiary/aromatic N) is 5. The summed E-state index contributed by atoms with van der Waals surface area (Å²) in [6.07, 6.45) is 7.21. The Morgan fingerprint density at radius 1 is 1.29 bits per heavy atom. The lowest BCUT2D eigenvalue weighted by Crippen LogP contribution is -2.53. The van der Waals surface area contributed by atoms with Crippen LogP contribution in [0.2, 0.25) is 0 Å². The molecule has 4 rings (SSSR count).